The van der Waals surface area contributed by atoms with E-state index in [9.17, 15) is 4.39 Å². The van der Waals surface area contributed by atoms with Crippen LogP contribution in [0.25, 0.3) is 5.65 Å². The van der Waals surface area contributed by atoms with Gasteiger partial charge in [0.2, 0.25) is 0 Å². The van der Waals surface area contributed by atoms with Crippen molar-refractivity contribution >= 4 is 5.65 Å². The van der Waals surface area contributed by atoms with Gasteiger partial charge in [-0.05, 0) is 38.4 Å². The van der Waals surface area contributed by atoms with Gasteiger partial charge < -0.3 is 5.32 Å². The molecule has 4 nitrogen and oxygen atoms in total. The number of pyridine rings is 1. The number of hydrogen-bond acceptors (Lipinski definition) is 3. The number of nitrogens with one attached hydrogen (secondary N) is 1. The first-order chi connectivity index (χ1) is 7.69. The van der Waals surface area contributed by atoms with E-state index in [4.69, 9.17) is 0 Å². The highest BCUT2D eigenvalue weighted by molar-refractivity contribution is 5.38. The minimum Gasteiger partial charge on any atom is -0.305 e. The third-order valence-electron chi connectivity index (χ3n) is 3.23. The first-order valence-corrected chi connectivity index (χ1v) is 5.45. The highest BCUT2D eigenvalue weighted by Crippen LogP contribution is 2.29. The van der Waals surface area contributed by atoms with E-state index < -0.39 is 0 Å². The number of fused-ring (bicyclic) bond motifs is 1. The van der Waals surface area contributed by atoms with Crippen LogP contribution in [-0.2, 0) is 5.54 Å². The second-order valence-electron chi connectivity index (χ2n) is 4.46. The van der Waals surface area contributed by atoms with Crippen LogP contribution < -0.4 is 5.32 Å². The van der Waals surface area contributed by atoms with E-state index in [-0.39, 0.29) is 11.4 Å². The first-order valence-electron chi connectivity index (χ1n) is 5.45. The van der Waals surface area contributed by atoms with Crippen molar-refractivity contribution in [1.82, 2.24) is 19.9 Å². The fourth-order valence-corrected chi connectivity index (χ4v) is 2.33. The number of rotatable bonds is 1. The van der Waals surface area contributed by atoms with Crippen LogP contribution in [0.1, 0.15) is 25.6 Å². The van der Waals surface area contributed by atoms with E-state index in [1.807, 2.05) is 0 Å². The molecular formula is C11H13FN4. The van der Waals surface area contributed by atoms with Crippen LogP contribution in [0.4, 0.5) is 4.39 Å². The van der Waals surface area contributed by atoms with Gasteiger partial charge in [-0.15, -0.1) is 10.2 Å². The zero-order valence-corrected chi connectivity index (χ0v) is 9.07. The van der Waals surface area contributed by atoms with Gasteiger partial charge in [0, 0.05) is 6.20 Å². The van der Waals surface area contributed by atoms with Crippen LogP contribution in [0, 0.1) is 5.82 Å². The van der Waals surface area contributed by atoms with Crippen LogP contribution in [-0.4, -0.2) is 21.1 Å². The van der Waals surface area contributed by atoms with Crippen LogP contribution in [0.2, 0.25) is 0 Å². The molecule has 0 unspecified atom stereocenters. The third-order valence-corrected chi connectivity index (χ3v) is 3.23. The fraction of sp³-hybridized carbons (Fsp3) is 0.455. The summed E-state index contributed by atoms with van der Waals surface area (Å²) in [4.78, 5) is 0. The highest BCUT2D eigenvalue weighted by Gasteiger charge is 2.34. The highest BCUT2D eigenvalue weighted by atomic mass is 19.1. The molecule has 1 aliphatic heterocycles. The van der Waals surface area contributed by atoms with Gasteiger partial charge in [-0.3, -0.25) is 4.40 Å². The molecule has 5 heteroatoms. The third kappa shape index (κ3) is 1.31. The van der Waals surface area contributed by atoms with Gasteiger partial charge in [0.25, 0.3) is 0 Å². The molecule has 0 aromatic carbocycles. The lowest BCUT2D eigenvalue weighted by molar-refractivity contribution is 0.402. The molecule has 1 fully saturated rings. The van der Waals surface area contributed by atoms with E-state index in [2.05, 4.69) is 22.4 Å². The Hall–Kier alpha value is -1.49. The summed E-state index contributed by atoms with van der Waals surface area (Å²) in [5, 5.41) is 11.6. The van der Waals surface area contributed by atoms with Crippen molar-refractivity contribution in [2.45, 2.75) is 25.3 Å². The first kappa shape index (κ1) is 9.72. The molecule has 0 radical (unpaired) electrons. The van der Waals surface area contributed by atoms with Crippen molar-refractivity contribution in [3.8, 4) is 0 Å². The Bertz CT molecular complexity index is 528. The normalized spacial score (nSPS) is 25.4. The van der Waals surface area contributed by atoms with E-state index in [1.165, 1.54) is 12.3 Å². The molecule has 3 rings (SSSR count). The second-order valence-corrected chi connectivity index (χ2v) is 4.46. The Balaban J connectivity index is 2.19. The molecule has 2 aromatic rings. The average Bonchev–Trinajstić information content (AvgIpc) is 2.84. The van der Waals surface area contributed by atoms with Gasteiger partial charge in [0.15, 0.2) is 11.5 Å². The van der Waals surface area contributed by atoms with E-state index >= 15 is 0 Å². The monoisotopic (exact) mass is 220 g/mol. The van der Waals surface area contributed by atoms with Gasteiger partial charge >= 0.3 is 0 Å². The zero-order valence-electron chi connectivity index (χ0n) is 9.07. The average molecular weight is 220 g/mol. The predicted octanol–water partition coefficient (Wildman–Crippen LogP) is 1.47. The van der Waals surface area contributed by atoms with Crippen LogP contribution in [0.5, 0.6) is 0 Å². The SMILES string of the molecule is C[C@@]1(c2nnc3ccc(F)cn23)CCCN1. The fourth-order valence-electron chi connectivity index (χ4n) is 2.33. The number of nitrogens with zero attached hydrogens (tertiary/aromatic N) is 3. The summed E-state index contributed by atoms with van der Waals surface area (Å²) in [6, 6.07) is 3.04. The zero-order chi connectivity index (χ0) is 11.2. The quantitative estimate of drug-likeness (QED) is 0.791. The van der Waals surface area contributed by atoms with E-state index in [1.54, 1.807) is 10.5 Å². The molecule has 1 atom stereocenters. The number of aromatic nitrogens is 3. The van der Waals surface area contributed by atoms with Crippen molar-refractivity contribution < 1.29 is 4.39 Å². The molecule has 1 N–H and O–H groups in total. The van der Waals surface area contributed by atoms with Crippen molar-refractivity contribution in [2.75, 3.05) is 6.54 Å². The molecule has 0 saturated carbocycles. The summed E-state index contributed by atoms with van der Waals surface area (Å²) in [7, 11) is 0. The van der Waals surface area contributed by atoms with Crippen LogP contribution in [0.15, 0.2) is 18.3 Å². The molecule has 0 aliphatic carbocycles. The molecular weight excluding hydrogens is 207 g/mol. The van der Waals surface area contributed by atoms with Crippen molar-refractivity contribution in [3.05, 3.63) is 30.0 Å². The Labute approximate surface area is 92.5 Å². The largest absolute Gasteiger partial charge is 0.305 e. The topological polar surface area (TPSA) is 42.2 Å². The summed E-state index contributed by atoms with van der Waals surface area (Å²) in [5.41, 5.74) is 0.499. The Kier molecular flexibility index (Phi) is 1.97. The molecule has 16 heavy (non-hydrogen) atoms. The summed E-state index contributed by atoms with van der Waals surface area (Å²) in [5.74, 6) is 0.523. The Morgan fingerprint density at radius 1 is 1.44 bits per heavy atom. The van der Waals surface area contributed by atoms with Gasteiger partial charge in [-0.2, -0.15) is 0 Å². The van der Waals surface area contributed by atoms with Gasteiger partial charge in [-0.25, -0.2) is 4.39 Å². The molecule has 1 saturated heterocycles. The van der Waals surface area contributed by atoms with Gasteiger partial charge in [0.1, 0.15) is 5.82 Å². The van der Waals surface area contributed by atoms with Gasteiger partial charge in [0.05, 0.1) is 5.54 Å². The smallest absolute Gasteiger partial charge is 0.161 e. The number of hydrogen-bond donors (Lipinski definition) is 1. The molecule has 84 valence electrons. The predicted molar refractivity (Wildman–Crippen MR) is 57.5 cm³/mol. The lowest BCUT2D eigenvalue weighted by Gasteiger charge is -2.21. The molecule has 0 bridgehead atoms. The lowest BCUT2D eigenvalue weighted by atomic mass is 9.99. The standard InChI is InChI=1S/C11H13FN4/c1-11(5-2-6-13-11)10-15-14-9-4-3-8(12)7-16(9)10/h3-4,7,13H,2,5-6H2,1H3/t11-/m0/s1. The molecule has 3 heterocycles. The minimum atomic E-state index is -0.268. The summed E-state index contributed by atoms with van der Waals surface area (Å²) >= 11 is 0. The second kappa shape index (κ2) is 3.25. The maximum Gasteiger partial charge on any atom is 0.161 e. The van der Waals surface area contributed by atoms with Crippen LogP contribution in [0.3, 0.4) is 0 Å². The van der Waals surface area contributed by atoms with E-state index in [0.717, 1.165) is 25.2 Å². The Morgan fingerprint density at radius 2 is 2.31 bits per heavy atom. The number of halogens is 1. The van der Waals surface area contributed by atoms with Crippen molar-refractivity contribution in [1.29, 1.82) is 0 Å². The summed E-state index contributed by atoms with van der Waals surface area (Å²) < 4.78 is 14.9. The summed E-state index contributed by atoms with van der Waals surface area (Å²) in [6.45, 7) is 3.06. The van der Waals surface area contributed by atoms with E-state index in [0.29, 0.717) is 5.65 Å². The molecule has 0 spiro atoms. The Morgan fingerprint density at radius 3 is 3.06 bits per heavy atom. The van der Waals surface area contributed by atoms with Crippen molar-refractivity contribution in [2.24, 2.45) is 0 Å². The molecule has 0 amide bonds. The maximum atomic E-state index is 13.2. The lowest BCUT2D eigenvalue weighted by Crippen LogP contribution is -2.35. The molecule has 2 aromatic heterocycles. The maximum absolute atomic E-state index is 13.2. The minimum absolute atomic E-state index is 0.187. The van der Waals surface area contributed by atoms with Crippen LogP contribution >= 0.6 is 0 Å². The van der Waals surface area contributed by atoms with Gasteiger partial charge in [-0.1, -0.05) is 0 Å². The summed E-state index contributed by atoms with van der Waals surface area (Å²) in [6.07, 6.45) is 3.56. The molecule has 1 aliphatic rings. The van der Waals surface area contributed by atoms with Crippen molar-refractivity contribution in [3.63, 3.8) is 0 Å².